The molecule has 90 valence electrons. The molecule has 15 heavy (non-hydrogen) atoms. The van der Waals surface area contributed by atoms with Gasteiger partial charge in [-0.1, -0.05) is 13.8 Å². The Labute approximate surface area is 92.2 Å². The van der Waals surface area contributed by atoms with Gasteiger partial charge in [0.25, 0.3) is 0 Å². The SMILES string of the molecule is CCC(C)(O)CNC(=O)CCC(C)CN. The van der Waals surface area contributed by atoms with Crippen molar-refractivity contribution >= 4 is 5.91 Å². The molecule has 0 aliphatic carbocycles. The zero-order chi connectivity index (χ0) is 11.9. The summed E-state index contributed by atoms with van der Waals surface area (Å²) in [5.74, 6) is 0.367. The first-order chi connectivity index (χ1) is 6.91. The molecule has 0 aliphatic heterocycles. The van der Waals surface area contributed by atoms with Gasteiger partial charge in [0.1, 0.15) is 0 Å². The van der Waals surface area contributed by atoms with Gasteiger partial charge in [-0.2, -0.15) is 0 Å². The monoisotopic (exact) mass is 216 g/mol. The summed E-state index contributed by atoms with van der Waals surface area (Å²) in [5, 5.41) is 12.4. The average molecular weight is 216 g/mol. The van der Waals surface area contributed by atoms with Crippen LogP contribution in [-0.2, 0) is 4.79 Å². The molecule has 0 aromatic carbocycles. The van der Waals surface area contributed by atoms with Crippen LogP contribution in [0.3, 0.4) is 0 Å². The van der Waals surface area contributed by atoms with Gasteiger partial charge in [-0.25, -0.2) is 0 Å². The van der Waals surface area contributed by atoms with Gasteiger partial charge in [-0.05, 0) is 32.2 Å². The van der Waals surface area contributed by atoms with Crippen LogP contribution >= 0.6 is 0 Å². The maximum atomic E-state index is 11.4. The molecule has 4 heteroatoms. The number of rotatable bonds is 7. The Morgan fingerprint density at radius 2 is 2.20 bits per heavy atom. The van der Waals surface area contributed by atoms with E-state index >= 15 is 0 Å². The Morgan fingerprint density at radius 3 is 2.67 bits per heavy atom. The van der Waals surface area contributed by atoms with E-state index in [1.165, 1.54) is 0 Å². The van der Waals surface area contributed by atoms with E-state index in [4.69, 9.17) is 5.73 Å². The fourth-order valence-electron chi connectivity index (χ4n) is 0.998. The molecule has 0 aromatic heterocycles. The van der Waals surface area contributed by atoms with Gasteiger partial charge in [-0.3, -0.25) is 4.79 Å². The lowest BCUT2D eigenvalue weighted by atomic mass is 10.0. The zero-order valence-corrected chi connectivity index (χ0v) is 10.0. The highest BCUT2D eigenvalue weighted by atomic mass is 16.3. The molecule has 0 saturated carbocycles. The Balaban J connectivity index is 3.67. The maximum Gasteiger partial charge on any atom is 0.220 e. The second-order valence-electron chi connectivity index (χ2n) is 4.51. The van der Waals surface area contributed by atoms with Crippen molar-refractivity contribution in [2.24, 2.45) is 11.7 Å². The van der Waals surface area contributed by atoms with Crippen LogP contribution in [0.5, 0.6) is 0 Å². The first-order valence-electron chi connectivity index (χ1n) is 5.60. The van der Waals surface area contributed by atoms with E-state index < -0.39 is 5.60 Å². The summed E-state index contributed by atoms with van der Waals surface area (Å²) in [4.78, 5) is 11.4. The van der Waals surface area contributed by atoms with Crippen molar-refractivity contribution < 1.29 is 9.90 Å². The smallest absolute Gasteiger partial charge is 0.220 e. The van der Waals surface area contributed by atoms with Gasteiger partial charge in [0, 0.05) is 13.0 Å². The molecule has 0 aromatic rings. The normalized spacial score (nSPS) is 16.9. The molecular weight excluding hydrogens is 192 g/mol. The van der Waals surface area contributed by atoms with Gasteiger partial charge in [0.2, 0.25) is 5.91 Å². The molecule has 1 amide bonds. The molecule has 2 unspecified atom stereocenters. The van der Waals surface area contributed by atoms with E-state index in [9.17, 15) is 9.90 Å². The summed E-state index contributed by atoms with van der Waals surface area (Å²) in [7, 11) is 0. The number of amides is 1. The third-order valence-corrected chi connectivity index (χ3v) is 2.69. The highest BCUT2D eigenvalue weighted by Gasteiger charge is 2.18. The number of hydrogen-bond acceptors (Lipinski definition) is 3. The Morgan fingerprint density at radius 1 is 1.60 bits per heavy atom. The predicted molar refractivity (Wildman–Crippen MR) is 61.4 cm³/mol. The van der Waals surface area contributed by atoms with Crippen LogP contribution in [-0.4, -0.2) is 29.7 Å². The van der Waals surface area contributed by atoms with Crippen LogP contribution in [0.4, 0.5) is 0 Å². The number of aliphatic hydroxyl groups is 1. The standard InChI is InChI=1S/C11H24N2O2/c1-4-11(3,15)8-13-10(14)6-5-9(2)7-12/h9,15H,4-8,12H2,1-3H3,(H,13,14). The topological polar surface area (TPSA) is 75.3 Å². The van der Waals surface area contributed by atoms with Crippen molar-refractivity contribution in [2.45, 2.75) is 45.6 Å². The average Bonchev–Trinajstić information content (AvgIpc) is 2.23. The second-order valence-corrected chi connectivity index (χ2v) is 4.51. The van der Waals surface area contributed by atoms with Crippen molar-refractivity contribution in [1.82, 2.24) is 5.32 Å². The van der Waals surface area contributed by atoms with Crippen LogP contribution in [0.25, 0.3) is 0 Å². The van der Waals surface area contributed by atoms with E-state index in [2.05, 4.69) is 5.32 Å². The van der Waals surface area contributed by atoms with E-state index in [-0.39, 0.29) is 5.91 Å². The van der Waals surface area contributed by atoms with Crippen LogP contribution in [0.2, 0.25) is 0 Å². The molecule has 2 atom stereocenters. The summed E-state index contributed by atoms with van der Waals surface area (Å²) in [5.41, 5.74) is 4.65. The molecule has 4 N–H and O–H groups in total. The van der Waals surface area contributed by atoms with Crippen LogP contribution in [0, 0.1) is 5.92 Å². The molecule has 0 saturated heterocycles. The minimum Gasteiger partial charge on any atom is -0.388 e. The second kappa shape index (κ2) is 6.80. The molecule has 0 heterocycles. The summed E-state index contributed by atoms with van der Waals surface area (Å²) in [6.45, 7) is 6.56. The fourth-order valence-corrected chi connectivity index (χ4v) is 0.998. The molecule has 4 nitrogen and oxygen atoms in total. The lowest BCUT2D eigenvalue weighted by Gasteiger charge is -2.21. The first-order valence-corrected chi connectivity index (χ1v) is 5.60. The maximum absolute atomic E-state index is 11.4. The van der Waals surface area contributed by atoms with Gasteiger partial charge in [0.15, 0.2) is 0 Å². The van der Waals surface area contributed by atoms with Crippen molar-refractivity contribution in [3.8, 4) is 0 Å². The largest absolute Gasteiger partial charge is 0.388 e. The first kappa shape index (κ1) is 14.4. The van der Waals surface area contributed by atoms with Gasteiger partial charge < -0.3 is 16.2 Å². The number of carbonyl (C=O) groups is 1. The van der Waals surface area contributed by atoms with E-state index in [0.717, 1.165) is 6.42 Å². The van der Waals surface area contributed by atoms with Crippen LogP contribution < -0.4 is 11.1 Å². The third-order valence-electron chi connectivity index (χ3n) is 2.69. The summed E-state index contributed by atoms with van der Waals surface area (Å²) >= 11 is 0. The zero-order valence-electron chi connectivity index (χ0n) is 10.0. The molecule has 0 aliphatic rings. The van der Waals surface area contributed by atoms with E-state index in [1.54, 1.807) is 6.92 Å². The van der Waals surface area contributed by atoms with Gasteiger partial charge in [-0.15, -0.1) is 0 Å². The molecule has 0 spiro atoms. The van der Waals surface area contributed by atoms with Crippen LogP contribution in [0.15, 0.2) is 0 Å². The number of hydrogen-bond donors (Lipinski definition) is 3. The highest BCUT2D eigenvalue weighted by molar-refractivity contribution is 5.75. The number of nitrogens with one attached hydrogen (secondary N) is 1. The lowest BCUT2D eigenvalue weighted by Crippen LogP contribution is -2.40. The quantitative estimate of drug-likeness (QED) is 0.584. The molecule has 0 bridgehead atoms. The van der Waals surface area contributed by atoms with Crippen LogP contribution in [0.1, 0.15) is 40.0 Å². The van der Waals surface area contributed by atoms with E-state index in [1.807, 2.05) is 13.8 Å². The summed E-state index contributed by atoms with van der Waals surface area (Å²) in [6.07, 6.45) is 1.92. The van der Waals surface area contributed by atoms with Crippen molar-refractivity contribution in [3.05, 3.63) is 0 Å². The molecule has 0 fully saturated rings. The number of nitrogens with two attached hydrogens (primary N) is 1. The third kappa shape index (κ3) is 7.33. The Hall–Kier alpha value is -0.610. The lowest BCUT2D eigenvalue weighted by molar-refractivity contribution is -0.122. The molecule has 0 rings (SSSR count). The summed E-state index contributed by atoms with van der Waals surface area (Å²) < 4.78 is 0. The molecular formula is C11H24N2O2. The minimum atomic E-state index is -0.796. The number of carbonyl (C=O) groups excluding carboxylic acids is 1. The van der Waals surface area contributed by atoms with Crippen molar-refractivity contribution in [1.29, 1.82) is 0 Å². The Kier molecular flexibility index (Phi) is 6.52. The fraction of sp³-hybridized carbons (Fsp3) is 0.909. The van der Waals surface area contributed by atoms with Gasteiger partial charge in [0.05, 0.1) is 5.60 Å². The highest BCUT2D eigenvalue weighted by Crippen LogP contribution is 2.07. The summed E-state index contributed by atoms with van der Waals surface area (Å²) in [6, 6.07) is 0. The minimum absolute atomic E-state index is 0.0102. The van der Waals surface area contributed by atoms with Crippen molar-refractivity contribution in [2.75, 3.05) is 13.1 Å². The molecule has 0 radical (unpaired) electrons. The van der Waals surface area contributed by atoms with E-state index in [0.29, 0.717) is 31.8 Å². The van der Waals surface area contributed by atoms with Crippen molar-refractivity contribution in [3.63, 3.8) is 0 Å². The predicted octanol–water partition coefficient (Wildman–Crippen LogP) is 0.639. The van der Waals surface area contributed by atoms with Gasteiger partial charge >= 0.3 is 0 Å². The Bertz CT molecular complexity index is 193.